The number of halogens is 1. The summed E-state index contributed by atoms with van der Waals surface area (Å²) in [5.41, 5.74) is 3.93. The van der Waals surface area contributed by atoms with Crippen LogP contribution < -0.4 is 5.32 Å². The van der Waals surface area contributed by atoms with Gasteiger partial charge in [-0.25, -0.2) is 0 Å². The van der Waals surface area contributed by atoms with E-state index in [-0.39, 0.29) is 0 Å². The summed E-state index contributed by atoms with van der Waals surface area (Å²) in [6.45, 7) is 2.02. The molecule has 0 saturated heterocycles. The molecule has 0 fully saturated rings. The Morgan fingerprint density at radius 2 is 2.21 bits per heavy atom. The van der Waals surface area contributed by atoms with Crippen LogP contribution in [0, 0.1) is 0 Å². The Hall–Kier alpha value is -0.990. The summed E-state index contributed by atoms with van der Waals surface area (Å²) >= 11 is 5.95. The van der Waals surface area contributed by atoms with Crippen molar-refractivity contribution < 1.29 is 0 Å². The Bertz CT molecular complexity index is 487. The monoisotopic (exact) mass is 206 g/mol. The average Bonchev–Trinajstić information content (AvgIpc) is 2.54. The maximum Gasteiger partial charge on any atom is 0.0474 e. The molecule has 0 atom stereocenters. The first kappa shape index (κ1) is 8.33. The van der Waals surface area contributed by atoms with E-state index in [0.717, 1.165) is 30.0 Å². The number of aromatic nitrogens is 1. The quantitative estimate of drug-likeness (QED) is 0.681. The molecule has 1 aromatic heterocycles. The molecule has 3 heteroatoms. The lowest BCUT2D eigenvalue weighted by molar-refractivity contribution is 0.637. The minimum Gasteiger partial charge on any atom is -0.357 e. The van der Waals surface area contributed by atoms with Crippen LogP contribution in [0.25, 0.3) is 10.9 Å². The summed E-state index contributed by atoms with van der Waals surface area (Å²) < 4.78 is 0. The molecule has 3 rings (SSSR count). The number of fused-ring (bicyclic) bond motifs is 3. The lowest BCUT2D eigenvalue weighted by Crippen LogP contribution is -2.22. The van der Waals surface area contributed by atoms with E-state index in [2.05, 4.69) is 16.4 Å². The third-order valence-corrected chi connectivity index (χ3v) is 3.05. The van der Waals surface area contributed by atoms with E-state index in [0.29, 0.717) is 0 Å². The number of hydrogen-bond donors (Lipinski definition) is 2. The fourth-order valence-electron chi connectivity index (χ4n) is 2.15. The van der Waals surface area contributed by atoms with Gasteiger partial charge in [-0.2, -0.15) is 0 Å². The molecule has 2 aromatic rings. The minimum absolute atomic E-state index is 0.795. The van der Waals surface area contributed by atoms with E-state index < -0.39 is 0 Å². The Balaban J connectivity index is 2.31. The van der Waals surface area contributed by atoms with Crippen LogP contribution in [-0.4, -0.2) is 11.5 Å². The lowest BCUT2D eigenvalue weighted by Gasteiger charge is -2.12. The number of rotatable bonds is 0. The fourth-order valence-corrected chi connectivity index (χ4v) is 2.32. The Labute approximate surface area is 87.3 Å². The first-order chi connectivity index (χ1) is 6.84. The summed E-state index contributed by atoms with van der Waals surface area (Å²) in [7, 11) is 0. The van der Waals surface area contributed by atoms with Crippen molar-refractivity contribution in [1.82, 2.24) is 10.3 Å². The Morgan fingerprint density at radius 3 is 3.14 bits per heavy atom. The summed E-state index contributed by atoms with van der Waals surface area (Å²) in [5, 5.41) is 5.47. The predicted octanol–water partition coefficient (Wildman–Crippen LogP) is 2.47. The van der Waals surface area contributed by atoms with Crippen molar-refractivity contribution in [2.24, 2.45) is 0 Å². The van der Waals surface area contributed by atoms with Crippen LogP contribution in [0.15, 0.2) is 18.2 Å². The van der Waals surface area contributed by atoms with Gasteiger partial charge in [-0.1, -0.05) is 17.7 Å². The van der Waals surface area contributed by atoms with Crippen molar-refractivity contribution in [3.05, 3.63) is 34.5 Å². The molecule has 1 aliphatic heterocycles. The van der Waals surface area contributed by atoms with Gasteiger partial charge in [0.15, 0.2) is 0 Å². The standard InChI is InChI=1S/C11H11ClN2/c12-7-1-2-8-9-3-4-13-6-11(9)14-10(8)5-7/h1-2,5,13-14H,3-4,6H2. The highest BCUT2D eigenvalue weighted by Gasteiger charge is 2.14. The van der Waals surface area contributed by atoms with Crippen LogP contribution in [0.1, 0.15) is 11.3 Å². The van der Waals surface area contributed by atoms with Crippen LogP contribution >= 0.6 is 11.6 Å². The summed E-state index contributed by atoms with van der Waals surface area (Å²) in [6.07, 6.45) is 1.11. The van der Waals surface area contributed by atoms with Gasteiger partial charge in [0, 0.05) is 28.2 Å². The number of benzene rings is 1. The number of aromatic amines is 1. The van der Waals surface area contributed by atoms with Crippen LogP contribution in [0.4, 0.5) is 0 Å². The van der Waals surface area contributed by atoms with Crippen molar-refractivity contribution in [2.45, 2.75) is 13.0 Å². The molecule has 0 unspecified atom stereocenters. The van der Waals surface area contributed by atoms with Crippen molar-refractivity contribution in [1.29, 1.82) is 0 Å². The summed E-state index contributed by atoms with van der Waals surface area (Å²) in [4.78, 5) is 3.41. The first-order valence-electron chi connectivity index (χ1n) is 4.84. The smallest absolute Gasteiger partial charge is 0.0474 e. The molecular formula is C11H11ClN2. The van der Waals surface area contributed by atoms with Gasteiger partial charge >= 0.3 is 0 Å². The van der Waals surface area contributed by atoms with Gasteiger partial charge in [0.1, 0.15) is 0 Å². The molecule has 2 heterocycles. The third kappa shape index (κ3) is 1.15. The second-order valence-electron chi connectivity index (χ2n) is 3.70. The van der Waals surface area contributed by atoms with Gasteiger partial charge < -0.3 is 10.3 Å². The van der Waals surface area contributed by atoms with Gasteiger partial charge in [0.05, 0.1) is 0 Å². The molecule has 14 heavy (non-hydrogen) atoms. The molecule has 2 N–H and O–H groups in total. The average molecular weight is 207 g/mol. The second kappa shape index (κ2) is 3.01. The summed E-state index contributed by atoms with van der Waals surface area (Å²) in [6, 6.07) is 6.06. The van der Waals surface area contributed by atoms with E-state index >= 15 is 0 Å². The first-order valence-corrected chi connectivity index (χ1v) is 5.22. The molecule has 1 aliphatic rings. The van der Waals surface area contributed by atoms with Crippen molar-refractivity contribution in [2.75, 3.05) is 6.54 Å². The van der Waals surface area contributed by atoms with E-state index in [1.165, 1.54) is 16.6 Å². The lowest BCUT2D eigenvalue weighted by atomic mass is 10.1. The fraction of sp³-hybridized carbons (Fsp3) is 0.273. The zero-order valence-corrected chi connectivity index (χ0v) is 8.49. The second-order valence-corrected chi connectivity index (χ2v) is 4.14. The summed E-state index contributed by atoms with van der Waals surface area (Å²) in [5.74, 6) is 0. The highest BCUT2D eigenvalue weighted by molar-refractivity contribution is 6.31. The molecule has 1 aromatic carbocycles. The topological polar surface area (TPSA) is 27.8 Å². The van der Waals surface area contributed by atoms with E-state index in [4.69, 9.17) is 11.6 Å². The predicted molar refractivity (Wildman–Crippen MR) is 58.7 cm³/mol. The highest BCUT2D eigenvalue weighted by Crippen LogP contribution is 2.26. The maximum absolute atomic E-state index is 5.95. The van der Waals surface area contributed by atoms with Crippen LogP contribution in [0.3, 0.4) is 0 Å². The normalized spacial score (nSPS) is 15.8. The van der Waals surface area contributed by atoms with Crippen molar-refractivity contribution in [3.63, 3.8) is 0 Å². The maximum atomic E-state index is 5.95. The molecule has 0 aliphatic carbocycles. The van der Waals surface area contributed by atoms with Gasteiger partial charge in [0.25, 0.3) is 0 Å². The van der Waals surface area contributed by atoms with Crippen LogP contribution in [0.5, 0.6) is 0 Å². The molecule has 0 amide bonds. The Kier molecular flexibility index (Phi) is 1.79. The molecular weight excluding hydrogens is 196 g/mol. The van der Waals surface area contributed by atoms with Gasteiger partial charge in [0.2, 0.25) is 0 Å². The van der Waals surface area contributed by atoms with Gasteiger partial charge in [-0.3, -0.25) is 0 Å². The molecule has 2 nitrogen and oxygen atoms in total. The van der Waals surface area contributed by atoms with E-state index in [1.54, 1.807) is 0 Å². The highest BCUT2D eigenvalue weighted by atomic mass is 35.5. The third-order valence-electron chi connectivity index (χ3n) is 2.81. The number of H-pyrrole nitrogens is 1. The number of hydrogen-bond acceptors (Lipinski definition) is 1. The zero-order chi connectivity index (χ0) is 9.54. The molecule has 0 spiro atoms. The van der Waals surface area contributed by atoms with Gasteiger partial charge in [-0.05, 0) is 30.7 Å². The van der Waals surface area contributed by atoms with Gasteiger partial charge in [-0.15, -0.1) is 0 Å². The van der Waals surface area contributed by atoms with E-state index in [9.17, 15) is 0 Å². The molecule has 72 valence electrons. The van der Waals surface area contributed by atoms with Crippen molar-refractivity contribution >= 4 is 22.5 Å². The molecule has 0 bridgehead atoms. The van der Waals surface area contributed by atoms with Crippen molar-refractivity contribution in [3.8, 4) is 0 Å². The Morgan fingerprint density at radius 1 is 1.29 bits per heavy atom. The molecule has 0 radical (unpaired) electrons. The SMILES string of the molecule is Clc1ccc2c3c([nH]c2c1)CNCC3. The molecule has 0 saturated carbocycles. The number of nitrogens with one attached hydrogen (secondary N) is 2. The van der Waals surface area contributed by atoms with Crippen LogP contribution in [-0.2, 0) is 13.0 Å². The minimum atomic E-state index is 0.795. The van der Waals surface area contributed by atoms with E-state index in [1.807, 2.05) is 12.1 Å². The van der Waals surface area contributed by atoms with Crippen LogP contribution in [0.2, 0.25) is 5.02 Å². The zero-order valence-electron chi connectivity index (χ0n) is 7.73. The largest absolute Gasteiger partial charge is 0.357 e.